The van der Waals surface area contributed by atoms with Crippen LogP contribution < -0.4 is 4.90 Å². The lowest BCUT2D eigenvalue weighted by molar-refractivity contribution is -0.132. The van der Waals surface area contributed by atoms with Crippen molar-refractivity contribution in [3.8, 4) is 0 Å². The van der Waals surface area contributed by atoms with Gasteiger partial charge in [0.05, 0.1) is 17.8 Å². The molecule has 0 aromatic heterocycles. The van der Waals surface area contributed by atoms with Gasteiger partial charge in [0.2, 0.25) is 0 Å². The van der Waals surface area contributed by atoms with E-state index in [0.717, 1.165) is 16.7 Å². The standard InChI is InChI=1S/C26H22N2O4/c1-17-8-12-20(13-9-17)24(29)22-23(19-6-4-3-5-7-19)28(26(31)25(22)30)21-14-10-18(11-15-21)16-27-32-2/h3-16,23,29H,1-2H3/b24-22-,27-16+. The van der Waals surface area contributed by atoms with Crippen molar-refractivity contribution in [2.24, 2.45) is 5.16 Å². The van der Waals surface area contributed by atoms with Gasteiger partial charge in [0, 0.05) is 11.3 Å². The summed E-state index contributed by atoms with van der Waals surface area (Å²) < 4.78 is 0. The molecule has 0 spiro atoms. The maximum absolute atomic E-state index is 13.1. The summed E-state index contributed by atoms with van der Waals surface area (Å²) in [5.74, 6) is -1.60. The second kappa shape index (κ2) is 8.89. The van der Waals surface area contributed by atoms with Gasteiger partial charge in [-0.1, -0.05) is 77.4 Å². The fraction of sp³-hybridized carbons (Fsp3) is 0.115. The van der Waals surface area contributed by atoms with Gasteiger partial charge in [-0.05, 0) is 30.2 Å². The van der Waals surface area contributed by atoms with Gasteiger partial charge in [0.25, 0.3) is 11.7 Å². The van der Waals surface area contributed by atoms with E-state index in [1.54, 1.807) is 42.6 Å². The summed E-state index contributed by atoms with van der Waals surface area (Å²) in [6.07, 6.45) is 1.55. The Balaban J connectivity index is 1.86. The molecule has 0 bridgehead atoms. The number of aliphatic hydroxyl groups is 1. The van der Waals surface area contributed by atoms with Crippen LogP contribution in [0.2, 0.25) is 0 Å². The van der Waals surface area contributed by atoms with Gasteiger partial charge in [-0.2, -0.15) is 0 Å². The van der Waals surface area contributed by atoms with E-state index in [2.05, 4.69) is 5.16 Å². The van der Waals surface area contributed by atoms with Gasteiger partial charge in [-0.3, -0.25) is 14.5 Å². The molecule has 32 heavy (non-hydrogen) atoms. The number of carbonyl (C=O) groups excluding carboxylic acids is 2. The Kier molecular flexibility index (Phi) is 5.85. The average Bonchev–Trinajstić information content (AvgIpc) is 3.09. The molecule has 160 valence electrons. The van der Waals surface area contributed by atoms with Gasteiger partial charge >= 0.3 is 0 Å². The summed E-state index contributed by atoms with van der Waals surface area (Å²) in [6.45, 7) is 1.94. The van der Waals surface area contributed by atoms with Crippen molar-refractivity contribution in [3.63, 3.8) is 0 Å². The minimum absolute atomic E-state index is 0.0649. The molecule has 4 rings (SSSR count). The predicted molar refractivity (Wildman–Crippen MR) is 123 cm³/mol. The normalized spacial score (nSPS) is 17.8. The highest BCUT2D eigenvalue weighted by Crippen LogP contribution is 2.42. The molecule has 1 amide bonds. The number of amides is 1. The van der Waals surface area contributed by atoms with Crippen LogP contribution in [0, 0.1) is 6.92 Å². The zero-order valence-electron chi connectivity index (χ0n) is 17.7. The first-order chi connectivity index (χ1) is 15.5. The Bertz CT molecular complexity index is 1200. The summed E-state index contributed by atoms with van der Waals surface area (Å²) in [6, 6.07) is 22.7. The third-order valence-electron chi connectivity index (χ3n) is 5.36. The van der Waals surface area contributed by atoms with Crippen LogP contribution in [0.25, 0.3) is 5.76 Å². The largest absolute Gasteiger partial charge is 0.507 e. The van der Waals surface area contributed by atoms with Gasteiger partial charge in [0.1, 0.15) is 12.9 Å². The molecule has 1 aliphatic heterocycles. The number of anilines is 1. The van der Waals surface area contributed by atoms with E-state index in [1.165, 1.54) is 12.0 Å². The molecule has 1 saturated heterocycles. The van der Waals surface area contributed by atoms with E-state index in [-0.39, 0.29) is 11.3 Å². The van der Waals surface area contributed by atoms with Crippen molar-refractivity contribution in [1.82, 2.24) is 0 Å². The van der Waals surface area contributed by atoms with E-state index in [9.17, 15) is 14.7 Å². The molecule has 1 atom stereocenters. The number of hydrogen-bond donors (Lipinski definition) is 1. The molecule has 1 heterocycles. The van der Waals surface area contributed by atoms with E-state index >= 15 is 0 Å². The Morgan fingerprint density at radius 3 is 2.25 bits per heavy atom. The lowest BCUT2D eigenvalue weighted by Crippen LogP contribution is -2.29. The number of Topliss-reactive ketones (excluding diaryl/α,β-unsaturated/α-hetero) is 1. The molecular weight excluding hydrogens is 404 g/mol. The van der Waals surface area contributed by atoms with Gasteiger partial charge < -0.3 is 9.94 Å². The number of benzene rings is 3. The van der Waals surface area contributed by atoms with Crippen molar-refractivity contribution in [1.29, 1.82) is 0 Å². The molecule has 1 unspecified atom stereocenters. The smallest absolute Gasteiger partial charge is 0.300 e. The number of aryl methyl sites for hydroxylation is 1. The zero-order valence-corrected chi connectivity index (χ0v) is 17.7. The highest BCUT2D eigenvalue weighted by atomic mass is 16.6. The predicted octanol–water partition coefficient (Wildman–Crippen LogP) is 4.60. The van der Waals surface area contributed by atoms with Crippen LogP contribution in [-0.2, 0) is 14.4 Å². The lowest BCUT2D eigenvalue weighted by atomic mass is 9.95. The van der Waals surface area contributed by atoms with Crippen molar-refractivity contribution >= 4 is 29.4 Å². The zero-order chi connectivity index (χ0) is 22.7. The van der Waals surface area contributed by atoms with Crippen molar-refractivity contribution in [2.45, 2.75) is 13.0 Å². The molecule has 1 fully saturated rings. The highest BCUT2D eigenvalue weighted by Gasteiger charge is 2.46. The molecule has 6 heteroatoms. The second-order valence-corrected chi connectivity index (χ2v) is 7.45. The van der Waals surface area contributed by atoms with E-state index in [0.29, 0.717) is 11.3 Å². The van der Waals surface area contributed by atoms with Gasteiger partial charge in [-0.25, -0.2) is 0 Å². The summed E-state index contributed by atoms with van der Waals surface area (Å²) in [7, 11) is 1.46. The number of rotatable bonds is 5. The molecule has 0 aliphatic carbocycles. The minimum Gasteiger partial charge on any atom is -0.507 e. The first-order valence-electron chi connectivity index (χ1n) is 10.1. The Morgan fingerprint density at radius 1 is 0.969 bits per heavy atom. The third kappa shape index (κ3) is 3.90. The molecule has 1 aliphatic rings. The number of nitrogens with zero attached hydrogens (tertiary/aromatic N) is 2. The quantitative estimate of drug-likeness (QED) is 0.213. The fourth-order valence-electron chi connectivity index (χ4n) is 3.75. The maximum atomic E-state index is 13.1. The number of hydrogen-bond acceptors (Lipinski definition) is 5. The molecule has 0 radical (unpaired) electrons. The summed E-state index contributed by atoms with van der Waals surface area (Å²) in [5.41, 5.74) is 3.63. The monoisotopic (exact) mass is 426 g/mol. The van der Waals surface area contributed by atoms with Crippen molar-refractivity contribution < 1.29 is 19.5 Å². The van der Waals surface area contributed by atoms with Crippen molar-refractivity contribution in [3.05, 3.63) is 107 Å². The molecule has 6 nitrogen and oxygen atoms in total. The number of oxime groups is 1. The van der Waals surface area contributed by atoms with Crippen molar-refractivity contribution in [2.75, 3.05) is 12.0 Å². The van der Waals surface area contributed by atoms with Crippen LogP contribution in [0.3, 0.4) is 0 Å². The molecule has 0 saturated carbocycles. The first-order valence-corrected chi connectivity index (χ1v) is 10.1. The average molecular weight is 426 g/mol. The third-order valence-corrected chi connectivity index (χ3v) is 5.36. The SMILES string of the molecule is CO/N=C/c1ccc(N2C(=O)C(=O)/C(=C(\O)c3ccc(C)cc3)C2c2ccccc2)cc1. The van der Waals surface area contributed by atoms with E-state index < -0.39 is 17.7 Å². The van der Waals surface area contributed by atoms with Crippen LogP contribution in [0.4, 0.5) is 5.69 Å². The summed E-state index contributed by atoms with van der Waals surface area (Å²) >= 11 is 0. The fourth-order valence-corrected chi connectivity index (χ4v) is 3.75. The van der Waals surface area contributed by atoms with E-state index in [1.807, 2.05) is 49.4 Å². The molecule has 3 aromatic carbocycles. The first kappa shape index (κ1) is 21.1. The lowest BCUT2D eigenvalue weighted by Gasteiger charge is -2.25. The van der Waals surface area contributed by atoms with Crippen LogP contribution in [0.15, 0.2) is 89.6 Å². The van der Waals surface area contributed by atoms with Crippen LogP contribution in [-0.4, -0.2) is 30.1 Å². The summed E-state index contributed by atoms with van der Waals surface area (Å²) in [5, 5.41) is 14.8. The number of ketones is 1. The minimum atomic E-state index is -0.754. The van der Waals surface area contributed by atoms with Crippen LogP contribution >= 0.6 is 0 Å². The van der Waals surface area contributed by atoms with E-state index in [4.69, 9.17) is 4.84 Å². The molecular formula is C26H22N2O4. The van der Waals surface area contributed by atoms with Crippen LogP contribution in [0.5, 0.6) is 0 Å². The Labute approximate surface area is 186 Å². The van der Waals surface area contributed by atoms with Crippen LogP contribution in [0.1, 0.15) is 28.3 Å². The van der Waals surface area contributed by atoms with Gasteiger partial charge in [-0.15, -0.1) is 0 Å². The second-order valence-electron chi connectivity index (χ2n) is 7.45. The topological polar surface area (TPSA) is 79.2 Å². The maximum Gasteiger partial charge on any atom is 0.300 e. The number of aliphatic hydroxyl groups excluding tert-OH is 1. The number of carbonyl (C=O) groups is 2. The molecule has 1 N–H and O–H groups in total. The Morgan fingerprint density at radius 2 is 1.62 bits per heavy atom. The summed E-state index contributed by atoms with van der Waals surface area (Å²) in [4.78, 5) is 32.4. The highest BCUT2D eigenvalue weighted by molar-refractivity contribution is 6.51. The Hall–Kier alpha value is -4.19. The molecule has 3 aromatic rings. The van der Waals surface area contributed by atoms with Gasteiger partial charge in [0.15, 0.2) is 0 Å².